The Morgan fingerprint density at radius 2 is 2.04 bits per heavy atom. The minimum Gasteiger partial charge on any atom is -0.391 e. The third kappa shape index (κ3) is 3.62. The predicted octanol–water partition coefficient (Wildman–Crippen LogP) is 2.18. The van der Waals surface area contributed by atoms with Gasteiger partial charge in [0.25, 0.3) is 0 Å². The lowest BCUT2D eigenvalue weighted by atomic mass is 9.85. The van der Waals surface area contributed by atoms with E-state index in [0.29, 0.717) is 13.2 Å². The molecule has 5 unspecified atom stereocenters. The van der Waals surface area contributed by atoms with E-state index in [1.54, 1.807) is 0 Å². The molecule has 0 bridgehead atoms. The Kier molecular flexibility index (Phi) is 4.86. The van der Waals surface area contributed by atoms with Gasteiger partial charge in [-0.1, -0.05) is 30.3 Å². The van der Waals surface area contributed by atoms with E-state index in [2.05, 4.69) is 17.0 Å². The van der Waals surface area contributed by atoms with Crippen LogP contribution in [0.15, 0.2) is 30.3 Å². The number of piperidine rings is 1. The smallest absolute Gasteiger partial charge is 0.163 e. The van der Waals surface area contributed by atoms with Crippen molar-refractivity contribution in [2.45, 2.75) is 63.4 Å². The van der Waals surface area contributed by atoms with Crippen molar-refractivity contribution in [2.75, 3.05) is 19.7 Å². The van der Waals surface area contributed by atoms with Crippen LogP contribution in [0.5, 0.6) is 0 Å². The number of hydrogen-bond donors (Lipinski definition) is 1. The number of nitrogens with zero attached hydrogens (tertiary/aromatic N) is 1. The molecule has 3 aliphatic heterocycles. The zero-order valence-corrected chi connectivity index (χ0v) is 15.1. The van der Waals surface area contributed by atoms with Crippen LogP contribution in [0.4, 0.5) is 0 Å². The molecule has 138 valence electrons. The van der Waals surface area contributed by atoms with Crippen molar-refractivity contribution in [3.05, 3.63) is 35.9 Å². The summed E-state index contributed by atoms with van der Waals surface area (Å²) in [5, 5.41) is 10.9. The molecule has 3 saturated heterocycles. The van der Waals surface area contributed by atoms with Gasteiger partial charge in [0, 0.05) is 13.2 Å². The van der Waals surface area contributed by atoms with Crippen LogP contribution in [-0.4, -0.2) is 59.8 Å². The third-order valence-electron chi connectivity index (χ3n) is 5.76. The van der Waals surface area contributed by atoms with Crippen LogP contribution in [0.3, 0.4) is 0 Å². The van der Waals surface area contributed by atoms with Gasteiger partial charge in [-0.15, -0.1) is 0 Å². The molecule has 1 aromatic carbocycles. The SMILES string of the molecule is CC1(C)OC2CN3CCC(CCOCc4ccccc4)C(O)C3C2O1. The van der Waals surface area contributed by atoms with Gasteiger partial charge in [-0.25, -0.2) is 0 Å². The first kappa shape index (κ1) is 17.4. The fraction of sp³-hybridized carbons (Fsp3) is 0.700. The molecule has 4 rings (SSSR count). The van der Waals surface area contributed by atoms with Crippen LogP contribution >= 0.6 is 0 Å². The molecule has 5 atom stereocenters. The van der Waals surface area contributed by atoms with Crippen molar-refractivity contribution < 1.29 is 19.3 Å². The number of hydrogen-bond acceptors (Lipinski definition) is 5. The van der Waals surface area contributed by atoms with Gasteiger partial charge in [0.2, 0.25) is 0 Å². The molecule has 5 heteroatoms. The van der Waals surface area contributed by atoms with E-state index < -0.39 is 5.79 Å². The van der Waals surface area contributed by atoms with E-state index >= 15 is 0 Å². The molecule has 3 fully saturated rings. The molecule has 25 heavy (non-hydrogen) atoms. The summed E-state index contributed by atoms with van der Waals surface area (Å²) in [6.45, 7) is 7.10. The molecule has 3 heterocycles. The molecule has 0 aromatic heterocycles. The molecule has 0 aliphatic carbocycles. The lowest BCUT2D eigenvalue weighted by Gasteiger charge is -2.41. The maximum Gasteiger partial charge on any atom is 0.163 e. The second-order valence-corrected chi connectivity index (χ2v) is 7.99. The summed E-state index contributed by atoms with van der Waals surface area (Å²) >= 11 is 0. The van der Waals surface area contributed by atoms with Crippen LogP contribution < -0.4 is 0 Å². The lowest BCUT2D eigenvalue weighted by Crippen LogP contribution is -2.54. The minimum atomic E-state index is -0.535. The van der Waals surface area contributed by atoms with Crippen molar-refractivity contribution in [2.24, 2.45) is 5.92 Å². The van der Waals surface area contributed by atoms with Gasteiger partial charge in [-0.05, 0) is 44.7 Å². The molecule has 3 aliphatic rings. The fourth-order valence-corrected chi connectivity index (χ4v) is 4.60. The first-order valence-electron chi connectivity index (χ1n) is 9.43. The normalized spacial score (nSPS) is 37.0. The van der Waals surface area contributed by atoms with Crippen molar-refractivity contribution in [1.82, 2.24) is 4.90 Å². The van der Waals surface area contributed by atoms with E-state index in [4.69, 9.17) is 14.2 Å². The Hall–Kier alpha value is -0.980. The second kappa shape index (κ2) is 6.97. The second-order valence-electron chi connectivity index (χ2n) is 7.99. The molecule has 1 N–H and O–H groups in total. The van der Waals surface area contributed by atoms with Crippen LogP contribution in [0.2, 0.25) is 0 Å². The van der Waals surface area contributed by atoms with Crippen LogP contribution in [0, 0.1) is 5.92 Å². The van der Waals surface area contributed by atoms with Crippen LogP contribution in [0.1, 0.15) is 32.3 Å². The zero-order chi connectivity index (χ0) is 17.4. The maximum atomic E-state index is 10.9. The average molecular weight is 347 g/mol. The standard InChI is InChI=1S/C20H29NO4/c1-20(2)24-16-12-21-10-8-15(18(22)17(21)19(16)25-20)9-11-23-13-14-6-4-3-5-7-14/h3-7,15-19,22H,8-13H2,1-2H3. The molecular formula is C20H29NO4. The van der Waals surface area contributed by atoms with E-state index in [9.17, 15) is 5.11 Å². The summed E-state index contributed by atoms with van der Waals surface area (Å²) in [6.07, 6.45) is 1.59. The summed E-state index contributed by atoms with van der Waals surface area (Å²) < 4.78 is 17.9. The van der Waals surface area contributed by atoms with Gasteiger partial charge in [-0.2, -0.15) is 0 Å². The van der Waals surface area contributed by atoms with Crippen molar-refractivity contribution in [3.8, 4) is 0 Å². The number of aliphatic hydroxyl groups is 1. The number of benzene rings is 1. The summed E-state index contributed by atoms with van der Waals surface area (Å²) in [7, 11) is 0. The van der Waals surface area contributed by atoms with Gasteiger partial charge in [0.05, 0.1) is 18.8 Å². The molecular weight excluding hydrogens is 318 g/mol. The summed E-state index contributed by atoms with van der Waals surface area (Å²) in [5.74, 6) is -0.268. The molecule has 1 aromatic rings. The number of fused-ring (bicyclic) bond motifs is 3. The Balaban J connectivity index is 1.29. The van der Waals surface area contributed by atoms with E-state index in [0.717, 1.165) is 25.9 Å². The van der Waals surface area contributed by atoms with E-state index in [-0.39, 0.29) is 30.3 Å². The van der Waals surface area contributed by atoms with Gasteiger partial charge < -0.3 is 19.3 Å². The Morgan fingerprint density at radius 3 is 2.84 bits per heavy atom. The maximum absolute atomic E-state index is 10.9. The highest BCUT2D eigenvalue weighted by Gasteiger charge is 2.56. The number of ether oxygens (including phenoxy) is 3. The highest BCUT2D eigenvalue weighted by atomic mass is 16.8. The molecule has 0 radical (unpaired) electrons. The monoisotopic (exact) mass is 347 g/mol. The largest absolute Gasteiger partial charge is 0.391 e. The minimum absolute atomic E-state index is 0.0157. The van der Waals surface area contributed by atoms with Crippen molar-refractivity contribution >= 4 is 0 Å². The van der Waals surface area contributed by atoms with Gasteiger partial charge >= 0.3 is 0 Å². The van der Waals surface area contributed by atoms with Crippen molar-refractivity contribution in [1.29, 1.82) is 0 Å². The third-order valence-corrected chi connectivity index (χ3v) is 5.76. The van der Waals surface area contributed by atoms with Gasteiger partial charge in [0.1, 0.15) is 12.2 Å². The summed E-state index contributed by atoms with van der Waals surface area (Å²) in [4.78, 5) is 2.34. The van der Waals surface area contributed by atoms with Gasteiger partial charge in [-0.3, -0.25) is 4.90 Å². The number of rotatable bonds is 5. The summed E-state index contributed by atoms with van der Waals surface area (Å²) in [5.41, 5.74) is 1.19. The topological polar surface area (TPSA) is 51.2 Å². The zero-order valence-electron chi connectivity index (χ0n) is 15.1. The molecule has 0 spiro atoms. The fourth-order valence-electron chi connectivity index (χ4n) is 4.60. The van der Waals surface area contributed by atoms with Crippen LogP contribution in [-0.2, 0) is 20.8 Å². The lowest BCUT2D eigenvalue weighted by molar-refractivity contribution is -0.174. The van der Waals surface area contributed by atoms with Crippen LogP contribution in [0.25, 0.3) is 0 Å². The Morgan fingerprint density at radius 1 is 1.24 bits per heavy atom. The highest BCUT2D eigenvalue weighted by Crippen LogP contribution is 2.41. The van der Waals surface area contributed by atoms with E-state index in [1.807, 2.05) is 32.0 Å². The summed E-state index contributed by atoms with van der Waals surface area (Å²) in [6, 6.07) is 10.3. The average Bonchev–Trinajstić information content (AvgIpc) is 3.06. The molecule has 5 nitrogen and oxygen atoms in total. The molecule has 0 saturated carbocycles. The highest BCUT2D eigenvalue weighted by molar-refractivity contribution is 5.13. The Labute approximate surface area is 149 Å². The van der Waals surface area contributed by atoms with Gasteiger partial charge in [0.15, 0.2) is 5.79 Å². The quantitative estimate of drug-likeness (QED) is 0.828. The number of aliphatic hydroxyl groups excluding tert-OH is 1. The Bertz CT molecular complexity index is 578. The first-order chi connectivity index (χ1) is 12.0. The first-order valence-corrected chi connectivity index (χ1v) is 9.43. The van der Waals surface area contributed by atoms with E-state index in [1.165, 1.54) is 5.56 Å². The predicted molar refractivity (Wildman–Crippen MR) is 94.0 cm³/mol. The van der Waals surface area contributed by atoms with Crippen molar-refractivity contribution in [3.63, 3.8) is 0 Å². The molecule has 0 amide bonds.